The predicted molar refractivity (Wildman–Crippen MR) is 71.8 cm³/mol. The first kappa shape index (κ1) is 14.0. The average molecular weight is 290 g/mol. The van der Waals surface area contributed by atoms with Gasteiger partial charge in [0, 0.05) is 18.3 Å². The number of rotatable bonds is 7. The zero-order chi connectivity index (χ0) is 11.6. The maximum Gasteiger partial charge on any atom is 0.220 e. The summed E-state index contributed by atoms with van der Waals surface area (Å²) < 4.78 is 0. The van der Waals surface area contributed by atoms with Crippen LogP contribution < -0.4 is 5.32 Å². The lowest BCUT2D eigenvalue weighted by molar-refractivity contribution is -0.121. The Kier molecular flexibility index (Phi) is 7.91. The van der Waals surface area contributed by atoms with Crippen molar-refractivity contribution in [1.82, 2.24) is 5.32 Å². The number of halogens is 1. The Hall–Kier alpha value is -0.0500. The fourth-order valence-corrected chi connectivity index (χ4v) is 2.74. The van der Waals surface area contributed by atoms with Crippen molar-refractivity contribution in [2.24, 2.45) is 5.92 Å². The van der Waals surface area contributed by atoms with Crippen LogP contribution in [0.15, 0.2) is 0 Å². The Balaban J connectivity index is 1.96. The number of hydrogen-bond acceptors (Lipinski definition) is 1. The number of unbranched alkanes of at least 4 members (excludes halogenated alkanes) is 1. The molecule has 0 unspecified atom stereocenters. The maximum atomic E-state index is 11.5. The van der Waals surface area contributed by atoms with Gasteiger partial charge in [0.05, 0.1) is 0 Å². The van der Waals surface area contributed by atoms with Crippen molar-refractivity contribution in [2.75, 3.05) is 11.9 Å². The molecule has 0 bridgehead atoms. The van der Waals surface area contributed by atoms with E-state index < -0.39 is 0 Å². The molecule has 94 valence electrons. The molecule has 0 aromatic rings. The third-order valence-electron chi connectivity index (χ3n) is 3.39. The highest BCUT2D eigenvalue weighted by atomic mass is 79.9. The number of amides is 1. The number of hydrogen-bond donors (Lipinski definition) is 1. The standard InChI is InChI=1S/C13H24BrNO/c14-10-4-5-11-15-13(16)9-8-12-6-2-1-3-7-12/h12H,1-11H2,(H,15,16). The highest BCUT2D eigenvalue weighted by Crippen LogP contribution is 2.27. The number of carbonyl (C=O) groups is 1. The first-order valence-electron chi connectivity index (χ1n) is 6.65. The Morgan fingerprint density at radius 2 is 1.94 bits per heavy atom. The van der Waals surface area contributed by atoms with Crippen LogP contribution in [-0.4, -0.2) is 17.8 Å². The van der Waals surface area contributed by atoms with Crippen molar-refractivity contribution in [2.45, 2.75) is 57.8 Å². The van der Waals surface area contributed by atoms with Crippen LogP contribution >= 0.6 is 15.9 Å². The molecule has 1 amide bonds. The van der Waals surface area contributed by atoms with Crippen LogP contribution in [0.2, 0.25) is 0 Å². The molecule has 3 heteroatoms. The Bertz CT molecular complexity index is 190. The smallest absolute Gasteiger partial charge is 0.220 e. The van der Waals surface area contributed by atoms with Gasteiger partial charge in [0.25, 0.3) is 0 Å². The van der Waals surface area contributed by atoms with E-state index in [-0.39, 0.29) is 5.91 Å². The van der Waals surface area contributed by atoms with Crippen LogP contribution in [0.5, 0.6) is 0 Å². The van der Waals surface area contributed by atoms with Gasteiger partial charge < -0.3 is 5.32 Å². The summed E-state index contributed by atoms with van der Waals surface area (Å²) in [6, 6.07) is 0. The Labute approximate surface area is 108 Å². The highest BCUT2D eigenvalue weighted by Gasteiger charge is 2.14. The molecular weight excluding hydrogens is 266 g/mol. The van der Waals surface area contributed by atoms with Crippen molar-refractivity contribution in [3.05, 3.63) is 0 Å². The molecule has 0 heterocycles. The predicted octanol–water partition coefficient (Wildman–Crippen LogP) is 3.64. The molecule has 1 N–H and O–H groups in total. The average Bonchev–Trinajstić information content (AvgIpc) is 2.33. The quantitative estimate of drug-likeness (QED) is 0.563. The highest BCUT2D eigenvalue weighted by molar-refractivity contribution is 9.09. The molecule has 1 rings (SSSR count). The van der Waals surface area contributed by atoms with Crippen LogP contribution in [0.3, 0.4) is 0 Å². The number of alkyl halides is 1. The molecule has 1 aliphatic carbocycles. The molecule has 1 fully saturated rings. The summed E-state index contributed by atoms with van der Waals surface area (Å²) in [5.74, 6) is 1.07. The summed E-state index contributed by atoms with van der Waals surface area (Å²) >= 11 is 3.39. The van der Waals surface area contributed by atoms with E-state index in [1.807, 2.05) is 0 Å². The van der Waals surface area contributed by atoms with Crippen LogP contribution in [0, 0.1) is 5.92 Å². The van der Waals surface area contributed by atoms with Gasteiger partial charge >= 0.3 is 0 Å². The molecule has 0 aliphatic heterocycles. The molecule has 1 aliphatic rings. The van der Waals surface area contributed by atoms with E-state index in [0.717, 1.165) is 43.5 Å². The summed E-state index contributed by atoms with van der Waals surface area (Å²) in [7, 11) is 0. The fraction of sp³-hybridized carbons (Fsp3) is 0.923. The second-order valence-electron chi connectivity index (χ2n) is 4.79. The first-order chi connectivity index (χ1) is 7.83. The minimum atomic E-state index is 0.250. The van der Waals surface area contributed by atoms with Crippen LogP contribution in [0.4, 0.5) is 0 Å². The zero-order valence-electron chi connectivity index (χ0n) is 10.1. The summed E-state index contributed by atoms with van der Waals surface area (Å²) in [4.78, 5) is 11.5. The molecule has 0 aromatic heterocycles. The van der Waals surface area contributed by atoms with Gasteiger partial charge in [-0.25, -0.2) is 0 Å². The summed E-state index contributed by atoms with van der Waals surface area (Å²) in [5, 5.41) is 4.03. The lowest BCUT2D eigenvalue weighted by atomic mass is 9.86. The van der Waals surface area contributed by atoms with Crippen LogP contribution in [-0.2, 0) is 4.79 Å². The van der Waals surface area contributed by atoms with Crippen molar-refractivity contribution in [1.29, 1.82) is 0 Å². The summed E-state index contributed by atoms with van der Waals surface area (Å²) in [6.45, 7) is 0.842. The topological polar surface area (TPSA) is 29.1 Å². The van der Waals surface area contributed by atoms with E-state index in [1.165, 1.54) is 32.1 Å². The third-order valence-corrected chi connectivity index (χ3v) is 3.95. The van der Waals surface area contributed by atoms with Gasteiger partial charge in [-0.3, -0.25) is 4.79 Å². The second-order valence-corrected chi connectivity index (χ2v) is 5.58. The van der Waals surface area contributed by atoms with Crippen molar-refractivity contribution in [3.8, 4) is 0 Å². The van der Waals surface area contributed by atoms with E-state index in [4.69, 9.17) is 0 Å². The molecule has 1 saturated carbocycles. The Morgan fingerprint density at radius 3 is 2.62 bits per heavy atom. The van der Waals surface area contributed by atoms with E-state index in [1.54, 1.807) is 0 Å². The van der Waals surface area contributed by atoms with Gasteiger partial charge in [-0.2, -0.15) is 0 Å². The Morgan fingerprint density at radius 1 is 1.19 bits per heavy atom. The normalized spacial score (nSPS) is 17.3. The number of nitrogens with one attached hydrogen (secondary N) is 1. The van der Waals surface area contributed by atoms with Crippen LogP contribution in [0.25, 0.3) is 0 Å². The van der Waals surface area contributed by atoms with Crippen LogP contribution in [0.1, 0.15) is 57.8 Å². The molecular formula is C13H24BrNO. The second kappa shape index (κ2) is 9.03. The fourth-order valence-electron chi connectivity index (χ4n) is 2.35. The summed E-state index contributed by atoms with van der Waals surface area (Å²) in [6.07, 6.45) is 10.9. The first-order valence-corrected chi connectivity index (χ1v) is 7.77. The molecule has 0 radical (unpaired) electrons. The molecule has 0 aromatic carbocycles. The zero-order valence-corrected chi connectivity index (χ0v) is 11.7. The van der Waals surface area contributed by atoms with E-state index in [2.05, 4.69) is 21.2 Å². The van der Waals surface area contributed by atoms with E-state index in [9.17, 15) is 4.79 Å². The minimum Gasteiger partial charge on any atom is -0.356 e. The van der Waals surface area contributed by atoms with Gasteiger partial charge in [0.1, 0.15) is 0 Å². The van der Waals surface area contributed by atoms with Gasteiger partial charge in [-0.1, -0.05) is 48.0 Å². The van der Waals surface area contributed by atoms with Gasteiger partial charge in [0.2, 0.25) is 5.91 Å². The van der Waals surface area contributed by atoms with E-state index in [0.29, 0.717) is 0 Å². The molecule has 16 heavy (non-hydrogen) atoms. The van der Waals surface area contributed by atoms with E-state index >= 15 is 0 Å². The third kappa shape index (κ3) is 6.51. The lowest BCUT2D eigenvalue weighted by Crippen LogP contribution is -2.25. The van der Waals surface area contributed by atoms with Crippen molar-refractivity contribution < 1.29 is 4.79 Å². The minimum absolute atomic E-state index is 0.250. The molecule has 0 saturated heterocycles. The molecule has 0 atom stereocenters. The monoisotopic (exact) mass is 289 g/mol. The molecule has 2 nitrogen and oxygen atoms in total. The maximum absolute atomic E-state index is 11.5. The lowest BCUT2D eigenvalue weighted by Gasteiger charge is -2.20. The molecule has 0 spiro atoms. The summed E-state index contributed by atoms with van der Waals surface area (Å²) in [5.41, 5.74) is 0. The van der Waals surface area contributed by atoms with Gasteiger partial charge in [-0.05, 0) is 25.2 Å². The van der Waals surface area contributed by atoms with Gasteiger partial charge in [-0.15, -0.1) is 0 Å². The van der Waals surface area contributed by atoms with Crippen molar-refractivity contribution >= 4 is 21.8 Å². The van der Waals surface area contributed by atoms with Gasteiger partial charge in [0.15, 0.2) is 0 Å². The van der Waals surface area contributed by atoms with Crippen molar-refractivity contribution in [3.63, 3.8) is 0 Å². The SMILES string of the molecule is O=C(CCC1CCCCC1)NCCCCBr. The largest absolute Gasteiger partial charge is 0.356 e. The number of carbonyl (C=O) groups excluding carboxylic acids is 1.